The van der Waals surface area contributed by atoms with E-state index in [0.717, 1.165) is 41.9 Å². The lowest BCUT2D eigenvalue weighted by atomic mass is 9.92. The van der Waals surface area contributed by atoms with Gasteiger partial charge in [0, 0.05) is 48.6 Å². The second-order valence-corrected chi connectivity index (χ2v) is 12.1. The maximum atomic E-state index is 13.1. The first-order valence-electron chi connectivity index (χ1n) is 12.7. The standard InChI is InChI=1S/C28H36N4O5S/c1-28(2,3)24-18-22(25(31(24)4)26(33)36-5)30-27(34)29-21-10-11-23(20-9-7-6-8-19(20)21)37-15-12-32-13-16-38(35)17-14-32/h6-11,18H,12-17H2,1-5H3,(H2,29,30,34). The summed E-state index contributed by atoms with van der Waals surface area (Å²) in [5.41, 5.74) is 1.93. The molecule has 9 nitrogen and oxygen atoms in total. The van der Waals surface area contributed by atoms with E-state index in [4.69, 9.17) is 9.47 Å². The topological polar surface area (TPSA) is 108 Å². The summed E-state index contributed by atoms with van der Waals surface area (Å²) in [5, 5.41) is 7.47. The van der Waals surface area contributed by atoms with Gasteiger partial charge >= 0.3 is 12.0 Å². The number of methoxy groups -OCH3 is 1. The van der Waals surface area contributed by atoms with Crippen molar-refractivity contribution in [1.29, 1.82) is 0 Å². The monoisotopic (exact) mass is 540 g/mol. The number of aromatic nitrogens is 1. The highest BCUT2D eigenvalue weighted by atomic mass is 32.2. The lowest BCUT2D eigenvalue weighted by Crippen LogP contribution is -2.42. The van der Waals surface area contributed by atoms with Gasteiger partial charge < -0.3 is 29.2 Å². The van der Waals surface area contributed by atoms with E-state index >= 15 is 0 Å². The van der Waals surface area contributed by atoms with E-state index in [0.29, 0.717) is 29.5 Å². The molecule has 1 fully saturated rings. The average Bonchev–Trinajstić information content (AvgIpc) is 3.21. The van der Waals surface area contributed by atoms with Crippen LogP contribution < -0.4 is 15.4 Å². The van der Waals surface area contributed by atoms with Crippen LogP contribution >= 0.6 is 0 Å². The third kappa shape index (κ3) is 6.25. The highest BCUT2D eigenvalue weighted by Crippen LogP contribution is 2.33. The summed E-state index contributed by atoms with van der Waals surface area (Å²) in [6.45, 7) is 9.05. The Hall–Kier alpha value is -3.21. The molecule has 4 rings (SSSR count). The zero-order valence-corrected chi connectivity index (χ0v) is 23.4. The summed E-state index contributed by atoms with van der Waals surface area (Å²) >= 11 is -0.697. The van der Waals surface area contributed by atoms with Gasteiger partial charge in [0.05, 0.1) is 18.5 Å². The van der Waals surface area contributed by atoms with Gasteiger partial charge in [-0.15, -0.1) is 0 Å². The molecule has 2 heterocycles. The van der Waals surface area contributed by atoms with Crippen molar-refractivity contribution in [1.82, 2.24) is 9.47 Å². The van der Waals surface area contributed by atoms with Crippen LogP contribution in [0.4, 0.5) is 16.2 Å². The van der Waals surface area contributed by atoms with E-state index in [1.165, 1.54) is 7.11 Å². The third-order valence-corrected chi connectivity index (χ3v) is 7.97. The van der Waals surface area contributed by atoms with Crippen LogP contribution in [0.1, 0.15) is 37.0 Å². The van der Waals surface area contributed by atoms with Crippen molar-refractivity contribution in [2.75, 3.05) is 55.5 Å². The SMILES string of the molecule is COC(=O)c1c(NC(=O)Nc2ccc(OCCN3CC[S+]([O-])CC3)c3ccccc23)cc(C(C)(C)C)n1C. The number of fused-ring (bicyclic) bond motifs is 1. The quantitative estimate of drug-likeness (QED) is 0.341. The molecule has 10 heteroatoms. The van der Waals surface area contributed by atoms with Crippen molar-refractivity contribution in [3.63, 3.8) is 0 Å². The van der Waals surface area contributed by atoms with Gasteiger partial charge in [-0.25, -0.2) is 9.59 Å². The Bertz CT molecular complexity index is 1310. The van der Waals surface area contributed by atoms with E-state index in [2.05, 4.69) is 15.5 Å². The first kappa shape index (κ1) is 27.8. The van der Waals surface area contributed by atoms with Crippen LogP contribution in [0.15, 0.2) is 42.5 Å². The first-order valence-corrected chi connectivity index (χ1v) is 14.2. The number of carbonyl (C=O) groups is 2. The second kappa shape index (κ2) is 11.7. The lowest BCUT2D eigenvalue weighted by molar-refractivity contribution is 0.0590. The van der Waals surface area contributed by atoms with E-state index in [1.807, 2.05) is 57.2 Å². The van der Waals surface area contributed by atoms with Gasteiger partial charge in [-0.1, -0.05) is 56.2 Å². The zero-order valence-electron chi connectivity index (χ0n) is 22.6. The van der Waals surface area contributed by atoms with Crippen LogP contribution in [0.5, 0.6) is 5.75 Å². The van der Waals surface area contributed by atoms with Crippen LogP contribution in [-0.4, -0.2) is 70.9 Å². The van der Waals surface area contributed by atoms with Gasteiger partial charge in [0.1, 0.15) is 23.9 Å². The number of amides is 2. The summed E-state index contributed by atoms with van der Waals surface area (Å²) in [6.07, 6.45) is 0. The van der Waals surface area contributed by atoms with E-state index in [-0.39, 0.29) is 11.1 Å². The van der Waals surface area contributed by atoms with Crippen LogP contribution in [0, 0.1) is 0 Å². The molecule has 0 spiro atoms. The van der Waals surface area contributed by atoms with Crippen molar-refractivity contribution in [3.8, 4) is 5.75 Å². The van der Waals surface area contributed by atoms with Gasteiger partial charge in [-0.05, 0) is 18.2 Å². The molecular weight excluding hydrogens is 504 g/mol. The lowest BCUT2D eigenvalue weighted by Gasteiger charge is -2.27. The molecule has 0 saturated carbocycles. The van der Waals surface area contributed by atoms with E-state index < -0.39 is 23.2 Å². The van der Waals surface area contributed by atoms with Gasteiger partial charge in [0.15, 0.2) is 5.69 Å². The molecule has 1 saturated heterocycles. The van der Waals surface area contributed by atoms with Gasteiger partial charge in [-0.2, -0.15) is 0 Å². The third-order valence-electron chi connectivity index (χ3n) is 6.70. The second-order valence-electron chi connectivity index (χ2n) is 10.4. The highest BCUT2D eigenvalue weighted by Gasteiger charge is 2.27. The fourth-order valence-electron chi connectivity index (χ4n) is 4.73. The van der Waals surface area contributed by atoms with E-state index in [9.17, 15) is 14.1 Å². The molecule has 1 aromatic heterocycles. The minimum Gasteiger partial charge on any atom is -0.616 e. The number of nitrogens with one attached hydrogen (secondary N) is 2. The molecule has 38 heavy (non-hydrogen) atoms. The number of hydrogen-bond acceptors (Lipinski definition) is 6. The fraction of sp³-hybridized carbons (Fsp3) is 0.429. The molecule has 0 atom stereocenters. The number of rotatable bonds is 7. The normalized spacial score (nSPS) is 14.9. The van der Waals surface area contributed by atoms with Crippen molar-refractivity contribution in [3.05, 3.63) is 53.9 Å². The summed E-state index contributed by atoms with van der Waals surface area (Å²) in [5.74, 6) is 1.64. The number of esters is 1. The van der Waals surface area contributed by atoms with Gasteiger partial charge in [0.2, 0.25) is 0 Å². The van der Waals surface area contributed by atoms with Crippen molar-refractivity contribution >= 4 is 45.3 Å². The average molecular weight is 541 g/mol. The predicted octanol–water partition coefficient (Wildman–Crippen LogP) is 4.35. The van der Waals surface area contributed by atoms with Crippen LogP contribution in [0.2, 0.25) is 0 Å². The molecule has 1 aliphatic rings. The molecule has 0 bridgehead atoms. The zero-order chi connectivity index (χ0) is 27.4. The Kier molecular flexibility index (Phi) is 8.54. The van der Waals surface area contributed by atoms with Crippen molar-refractivity contribution in [2.24, 2.45) is 7.05 Å². The Morgan fingerprint density at radius 1 is 1.03 bits per heavy atom. The Balaban J connectivity index is 1.49. The van der Waals surface area contributed by atoms with Crippen LogP contribution in [-0.2, 0) is 28.4 Å². The number of carbonyl (C=O) groups excluding carboxylic acids is 2. The fourth-order valence-corrected chi connectivity index (χ4v) is 5.86. The largest absolute Gasteiger partial charge is 0.616 e. The summed E-state index contributed by atoms with van der Waals surface area (Å²) < 4.78 is 24.4. The Morgan fingerprint density at radius 2 is 1.68 bits per heavy atom. The number of benzene rings is 2. The van der Waals surface area contributed by atoms with Crippen LogP contribution in [0.25, 0.3) is 10.8 Å². The van der Waals surface area contributed by atoms with Crippen LogP contribution in [0.3, 0.4) is 0 Å². The Morgan fingerprint density at radius 3 is 2.34 bits per heavy atom. The molecule has 2 amide bonds. The smallest absolute Gasteiger partial charge is 0.356 e. The minimum absolute atomic E-state index is 0.243. The highest BCUT2D eigenvalue weighted by molar-refractivity contribution is 7.91. The molecule has 204 valence electrons. The number of nitrogens with zero attached hydrogens (tertiary/aromatic N) is 2. The maximum absolute atomic E-state index is 13.1. The molecule has 0 unspecified atom stereocenters. The number of anilines is 2. The maximum Gasteiger partial charge on any atom is 0.356 e. The summed E-state index contributed by atoms with van der Waals surface area (Å²) in [6, 6.07) is 12.7. The molecule has 0 aliphatic carbocycles. The minimum atomic E-state index is -0.697. The van der Waals surface area contributed by atoms with Gasteiger partial charge in [0.25, 0.3) is 0 Å². The molecule has 2 N–H and O–H groups in total. The van der Waals surface area contributed by atoms with Gasteiger partial charge in [-0.3, -0.25) is 4.90 Å². The Labute approximate surface area is 226 Å². The molecule has 0 radical (unpaired) electrons. The predicted molar refractivity (Wildman–Crippen MR) is 152 cm³/mol. The number of hydrogen-bond donors (Lipinski definition) is 2. The van der Waals surface area contributed by atoms with E-state index in [1.54, 1.807) is 17.7 Å². The number of urea groups is 1. The molecule has 1 aliphatic heterocycles. The number of ether oxygens (including phenoxy) is 2. The summed E-state index contributed by atoms with van der Waals surface area (Å²) in [7, 11) is 3.11. The van der Waals surface area contributed by atoms with Crippen molar-refractivity contribution in [2.45, 2.75) is 26.2 Å². The summed E-state index contributed by atoms with van der Waals surface area (Å²) in [4.78, 5) is 27.8. The molecule has 3 aromatic rings. The molecule has 2 aromatic carbocycles. The van der Waals surface area contributed by atoms with Crippen molar-refractivity contribution < 1.29 is 23.6 Å². The molecular formula is C28H36N4O5S. The first-order chi connectivity index (χ1) is 18.1.